The minimum atomic E-state index is -0.516. The Labute approximate surface area is 119 Å². The molecule has 1 atom stereocenters. The molecule has 0 spiro atoms. The van der Waals surface area contributed by atoms with E-state index in [4.69, 9.17) is 5.73 Å². The van der Waals surface area contributed by atoms with Crippen molar-refractivity contribution in [1.82, 2.24) is 5.32 Å². The van der Waals surface area contributed by atoms with Crippen molar-refractivity contribution in [2.24, 2.45) is 5.73 Å². The minimum Gasteiger partial charge on any atom is -0.355 e. The van der Waals surface area contributed by atoms with Crippen molar-refractivity contribution in [1.29, 1.82) is 0 Å². The molecule has 110 valence electrons. The summed E-state index contributed by atoms with van der Waals surface area (Å²) in [7, 11) is 1.58. The van der Waals surface area contributed by atoms with Crippen molar-refractivity contribution in [2.45, 2.75) is 39.2 Å². The highest BCUT2D eigenvalue weighted by Gasteiger charge is 2.16. The second-order valence-electron chi connectivity index (χ2n) is 4.80. The van der Waals surface area contributed by atoms with Gasteiger partial charge in [0, 0.05) is 18.3 Å². The SMILES string of the molecule is CCCCC(N)C(=O)Nc1cccc(C(=O)NC)c1C. The molecule has 0 saturated heterocycles. The van der Waals surface area contributed by atoms with Gasteiger partial charge in [-0.15, -0.1) is 0 Å². The van der Waals surface area contributed by atoms with Gasteiger partial charge in [-0.2, -0.15) is 0 Å². The highest BCUT2D eigenvalue weighted by atomic mass is 16.2. The molecule has 5 nitrogen and oxygen atoms in total. The van der Waals surface area contributed by atoms with Gasteiger partial charge in [0.1, 0.15) is 0 Å². The maximum absolute atomic E-state index is 12.0. The fourth-order valence-electron chi connectivity index (χ4n) is 1.93. The maximum atomic E-state index is 12.0. The Morgan fingerprint density at radius 2 is 2.05 bits per heavy atom. The smallest absolute Gasteiger partial charge is 0.251 e. The normalized spacial score (nSPS) is 11.8. The first kappa shape index (κ1) is 16.2. The van der Waals surface area contributed by atoms with E-state index in [0.29, 0.717) is 17.7 Å². The summed E-state index contributed by atoms with van der Waals surface area (Å²) in [6, 6.07) is 4.72. The van der Waals surface area contributed by atoms with Gasteiger partial charge in [-0.1, -0.05) is 25.8 Å². The number of nitrogens with two attached hydrogens (primary N) is 1. The lowest BCUT2D eigenvalue weighted by atomic mass is 10.1. The Hall–Kier alpha value is -1.88. The molecular weight excluding hydrogens is 254 g/mol. The van der Waals surface area contributed by atoms with Crippen LogP contribution in [-0.2, 0) is 4.79 Å². The van der Waals surface area contributed by atoms with E-state index in [-0.39, 0.29) is 11.8 Å². The highest BCUT2D eigenvalue weighted by molar-refractivity contribution is 6.00. The van der Waals surface area contributed by atoms with Crippen molar-refractivity contribution in [2.75, 3.05) is 12.4 Å². The van der Waals surface area contributed by atoms with Crippen LogP contribution in [0.4, 0.5) is 5.69 Å². The molecule has 0 saturated carbocycles. The third-order valence-corrected chi connectivity index (χ3v) is 3.27. The maximum Gasteiger partial charge on any atom is 0.251 e. The van der Waals surface area contributed by atoms with Crippen molar-refractivity contribution in [3.8, 4) is 0 Å². The van der Waals surface area contributed by atoms with E-state index < -0.39 is 6.04 Å². The molecule has 0 heterocycles. The number of rotatable bonds is 6. The predicted octanol–water partition coefficient (Wildman–Crippen LogP) is 1.81. The largest absolute Gasteiger partial charge is 0.355 e. The molecule has 20 heavy (non-hydrogen) atoms. The molecule has 5 heteroatoms. The van der Waals surface area contributed by atoms with Gasteiger partial charge < -0.3 is 16.4 Å². The van der Waals surface area contributed by atoms with Gasteiger partial charge in [0.05, 0.1) is 6.04 Å². The molecule has 0 aliphatic heterocycles. The molecule has 1 unspecified atom stereocenters. The van der Waals surface area contributed by atoms with Crippen LogP contribution in [0.5, 0.6) is 0 Å². The van der Waals surface area contributed by atoms with Crippen molar-refractivity contribution < 1.29 is 9.59 Å². The molecule has 0 aliphatic carbocycles. The van der Waals surface area contributed by atoms with Crippen LogP contribution in [0, 0.1) is 6.92 Å². The van der Waals surface area contributed by atoms with E-state index in [1.54, 1.807) is 32.2 Å². The zero-order valence-electron chi connectivity index (χ0n) is 12.3. The van der Waals surface area contributed by atoms with E-state index in [2.05, 4.69) is 17.6 Å². The summed E-state index contributed by atoms with van der Waals surface area (Å²) < 4.78 is 0. The number of benzene rings is 1. The third-order valence-electron chi connectivity index (χ3n) is 3.27. The lowest BCUT2D eigenvalue weighted by Gasteiger charge is -2.15. The predicted molar refractivity (Wildman–Crippen MR) is 80.7 cm³/mol. The zero-order chi connectivity index (χ0) is 15.1. The molecule has 2 amide bonds. The summed E-state index contributed by atoms with van der Waals surface area (Å²) in [5.41, 5.74) is 7.75. The molecule has 1 aromatic rings. The number of hydrogen-bond donors (Lipinski definition) is 3. The molecule has 1 rings (SSSR count). The molecule has 4 N–H and O–H groups in total. The average molecular weight is 277 g/mol. The van der Waals surface area contributed by atoms with Gasteiger partial charge in [0.25, 0.3) is 5.91 Å². The molecule has 0 bridgehead atoms. The van der Waals surface area contributed by atoms with E-state index in [0.717, 1.165) is 18.4 Å². The van der Waals surface area contributed by atoms with Crippen molar-refractivity contribution >= 4 is 17.5 Å². The fraction of sp³-hybridized carbons (Fsp3) is 0.467. The summed E-state index contributed by atoms with van der Waals surface area (Å²) >= 11 is 0. The summed E-state index contributed by atoms with van der Waals surface area (Å²) in [6.45, 7) is 3.86. The highest BCUT2D eigenvalue weighted by Crippen LogP contribution is 2.19. The second-order valence-corrected chi connectivity index (χ2v) is 4.80. The Kier molecular flexibility index (Phi) is 6.18. The van der Waals surface area contributed by atoms with Crippen LogP contribution >= 0.6 is 0 Å². The first-order valence-electron chi connectivity index (χ1n) is 6.89. The number of anilines is 1. The summed E-state index contributed by atoms with van der Waals surface area (Å²) in [5, 5.41) is 5.37. The molecule has 0 aliphatic rings. The monoisotopic (exact) mass is 277 g/mol. The number of carbonyl (C=O) groups excluding carboxylic acids is 2. The van der Waals surface area contributed by atoms with Crippen LogP contribution < -0.4 is 16.4 Å². The number of unbranched alkanes of at least 4 members (excludes halogenated alkanes) is 1. The van der Waals surface area contributed by atoms with Crippen molar-refractivity contribution in [3.05, 3.63) is 29.3 Å². The number of hydrogen-bond acceptors (Lipinski definition) is 3. The van der Waals surface area contributed by atoms with Gasteiger partial charge >= 0.3 is 0 Å². The fourth-order valence-corrected chi connectivity index (χ4v) is 1.93. The lowest BCUT2D eigenvalue weighted by Crippen LogP contribution is -2.35. The van der Waals surface area contributed by atoms with Gasteiger partial charge in [-0.3, -0.25) is 9.59 Å². The summed E-state index contributed by atoms with van der Waals surface area (Å²) in [4.78, 5) is 23.7. The van der Waals surface area contributed by atoms with E-state index >= 15 is 0 Å². The van der Waals surface area contributed by atoms with Gasteiger partial charge in [-0.05, 0) is 31.0 Å². The minimum absolute atomic E-state index is 0.172. The van der Waals surface area contributed by atoms with E-state index in [1.807, 2.05) is 0 Å². The lowest BCUT2D eigenvalue weighted by molar-refractivity contribution is -0.117. The topological polar surface area (TPSA) is 84.2 Å². The molecular formula is C15H23N3O2. The summed E-state index contributed by atoms with van der Waals surface area (Å²) in [6.07, 6.45) is 2.59. The zero-order valence-corrected chi connectivity index (χ0v) is 12.3. The first-order valence-corrected chi connectivity index (χ1v) is 6.89. The third kappa shape index (κ3) is 4.06. The average Bonchev–Trinajstić information content (AvgIpc) is 2.45. The summed E-state index contributed by atoms with van der Waals surface area (Å²) in [5.74, 6) is -0.385. The standard InChI is InChI=1S/C15H23N3O2/c1-4-5-8-12(16)15(20)18-13-9-6-7-11(10(13)2)14(19)17-3/h6-7,9,12H,4-5,8,16H2,1-3H3,(H,17,19)(H,18,20). The first-order chi connectivity index (χ1) is 9.51. The quantitative estimate of drug-likeness (QED) is 0.741. The molecule has 0 aromatic heterocycles. The van der Waals surface area contributed by atoms with Crippen LogP contribution in [0.3, 0.4) is 0 Å². The van der Waals surface area contributed by atoms with Crippen LogP contribution in [0.1, 0.15) is 42.1 Å². The van der Waals surface area contributed by atoms with E-state index in [1.165, 1.54) is 0 Å². The number of carbonyl (C=O) groups is 2. The number of nitrogens with one attached hydrogen (secondary N) is 2. The van der Waals surface area contributed by atoms with Crippen LogP contribution in [-0.4, -0.2) is 24.9 Å². The van der Waals surface area contributed by atoms with Gasteiger partial charge in [0.15, 0.2) is 0 Å². The molecule has 0 fully saturated rings. The Morgan fingerprint density at radius 3 is 2.65 bits per heavy atom. The van der Waals surface area contributed by atoms with Crippen molar-refractivity contribution in [3.63, 3.8) is 0 Å². The second kappa shape index (κ2) is 7.65. The van der Waals surface area contributed by atoms with Crippen LogP contribution in [0.25, 0.3) is 0 Å². The van der Waals surface area contributed by atoms with Crippen LogP contribution in [0.15, 0.2) is 18.2 Å². The van der Waals surface area contributed by atoms with Crippen LogP contribution in [0.2, 0.25) is 0 Å². The Balaban J connectivity index is 2.82. The van der Waals surface area contributed by atoms with E-state index in [9.17, 15) is 9.59 Å². The van der Waals surface area contributed by atoms with Gasteiger partial charge in [-0.25, -0.2) is 0 Å². The number of amides is 2. The molecule has 1 aromatic carbocycles. The molecule has 0 radical (unpaired) electrons. The Morgan fingerprint density at radius 1 is 1.35 bits per heavy atom. The van der Waals surface area contributed by atoms with Gasteiger partial charge in [0.2, 0.25) is 5.91 Å². The Bertz CT molecular complexity index is 486.